The van der Waals surface area contributed by atoms with Gasteiger partial charge >= 0.3 is 0 Å². The molecule has 5 nitrogen and oxygen atoms in total. The van der Waals surface area contributed by atoms with Crippen LogP contribution in [0.4, 0.5) is 5.82 Å². The van der Waals surface area contributed by atoms with Gasteiger partial charge in [-0.15, -0.1) is 0 Å². The van der Waals surface area contributed by atoms with Gasteiger partial charge in [0.2, 0.25) is 0 Å². The number of nitrogens with zero attached hydrogens (tertiary/aromatic N) is 2. The van der Waals surface area contributed by atoms with E-state index < -0.39 is 0 Å². The highest BCUT2D eigenvalue weighted by Gasteiger charge is 2.19. The Labute approximate surface area is 125 Å². The van der Waals surface area contributed by atoms with Gasteiger partial charge in [-0.25, -0.2) is 0 Å². The molecule has 0 saturated heterocycles. The molecule has 0 saturated carbocycles. The predicted octanol–water partition coefficient (Wildman–Crippen LogP) is 2.94. The van der Waals surface area contributed by atoms with E-state index in [-0.39, 0.29) is 11.4 Å². The Balaban J connectivity index is 2.24. The molecule has 0 aliphatic rings. The Bertz CT molecular complexity index is 867. The highest BCUT2D eigenvalue weighted by molar-refractivity contribution is 6.33. The van der Waals surface area contributed by atoms with Gasteiger partial charge in [-0.1, -0.05) is 35.0 Å². The average molecular weight is 302 g/mol. The summed E-state index contributed by atoms with van der Waals surface area (Å²) >= 11 is 6.21. The molecule has 0 spiro atoms. The number of anilines is 1. The van der Waals surface area contributed by atoms with E-state index in [1.165, 1.54) is 10.6 Å². The van der Waals surface area contributed by atoms with Crippen LogP contribution in [0.25, 0.3) is 22.5 Å². The van der Waals surface area contributed by atoms with Gasteiger partial charge in [-0.2, -0.15) is 0 Å². The van der Waals surface area contributed by atoms with Gasteiger partial charge in [0.15, 0.2) is 11.6 Å². The van der Waals surface area contributed by atoms with Crippen molar-refractivity contribution < 1.29 is 4.52 Å². The summed E-state index contributed by atoms with van der Waals surface area (Å²) in [6.45, 7) is 0. The maximum Gasteiger partial charge on any atom is 0.250 e. The lowest BCUT2D eigenvalue weighted by atomic mass is 10.0. The number of nitrogen functional groups attached to an aromatic ring is 1. The minimum Gasteiger partial charge on any atom is -0.380 e. The second kappa shape index (κ2) is 5.10. The van der Waals surface area contributed by atoms with Crippen molar-refractivity contribution in [3.8, 4) is 22.5 Å². The summed E-state index contributed by atoms with van der Waals surface area (Å²) < 4.78 is 6.77. The van der Waals surface area contributed by atoms with Crippen molar-refractivity contribution in [3.63, 3.8) is 0 Å². The Hall–Kier alpha value is -2.53. The fraction of sp³-hybridized carbons (Fsp3) is 0.0667. The van der Waals surface area contributed by atoms with Crippen LogP contribution in [0, 0.1) is 0 Å². The standard InChI is InChI=1S/C15H12ClN3O2/c1-19-7-6-9(8-12(19)20)14-13(15(17)18-21-14)10-4-2-3-5-11(10)16/h2-8H,1H3,(H2,17,18). The summed E-state index contributed by atoms with van der Waals surface area (Å²) in [5.74, 6) is 0.664. The summed E-state index contributed by atoms with van der Waals surface area (Å²) in [6, 6.07) is 10.5. The van der Waals surface area contributed by atoms with Crippen molar-refractivity contribution in [1.29, 1.82) is 0 Å². The molecular weight excluding hydrogens is 290 g/mol. The Morgan fingerprint density at radius 3 is 2.76 bits per heavy atom. The second-order valence-corrected chi connectivity index (χ2v) is 5.02. The molecule has 21 heavy (non-hydrogen) atoms. The SMILES string of the molecule is Cn1ccc(-c2onc(N)c2-c2ccccc2Cl)cc1=O. The van der Waals surface area contributed by atoms with Crippen molar-refractivity contribution in [2.24, 2.45) is 7.05 Å². The molecule has 0 amide bonds. The zero-order valence-electron chi connectivity index (χ0n) is 11.2. The van der Waals surface area contributed by atoms with E-state index in [1.54, 1.807) is 25.4 Å². The minimum atomic E-state index is -0.146. The van der Waals surface area contributed by atoms with Crippen LogP contribution in [0.2, 0.25) is 5.02 Å². The number of hydrogen-bond acceptors (Lipinski definition) is 4. The molecule has 1 aromatic carbocycles. The number of nitrogens with two attached hydrogens (primary N) is 1. The van der Waals surface area contributed by atoms with Crippen LogP contribution in [0.15, 0.2) is 51.9 Å². The first-order chi connectivity index (χ1) is 10.1. The fourth-order valence-electron chi connectivity index (χ4n) is 2.11. The van der Waals surface area contributed by atoms with E-state index in [2.05, 4.69) is 5.16 Å². The summed E-state index contributed by atoms with van der Waals surface area (Å²) in [5, 5.41) is 4.34. The van der Waals surface area contributed by atoms with Crippen LogP contribution in [-0.2, 0) is 7.05 Å². The molecular formula is C15H12ClN3O2. The lowest BCUT2D eigenvalue weighted by molar-refractivity contribution is 0.436. The highest BCUT2D eigenvalue weighted by atomic mass is 35.5. The van der Waals surface area contributed by atoms with E-state index in [9.17, 15) is 4.79 Å². The highest BCUT2D eigenvalue weighted by Crippen LogP contribution is 2.39. The summed E-state index contributed by atoms with van der Waals surface area (Å²) in [5.41, 5.74) is 7.67. The molecule has 106 valence electrons. The van der Waals surface area contributed by atoms with Crippen LogP contribution < -0.4 is 11.3 Å². The van der Waals surface area contributed by atoms with Gasteiger partial charge in [-0.05, 0) is 12.1 Å². The van der Waals surface area contributed by atoms with Gasteiger partial charge in [0, 0.05) is 35.5 Å². The number of rotatable bonds is 2. The Morgan fingerprint density at radius 1 is 1.29 bits per heavy atom. The second-order valence-electron chi connectivity index (χ2n) is 4.62. The zero-order valence-corrected chi connectivity index (χ0v) is 12.0. The lowest BCUT2D eigenvalue weighted by Crippen LogP contribution is -2.14. The van der Waals surface area contributed by atoms with Gasteiger partial charge < -0.3 is 14.8 Å². The smallest absolute Gasteiger partial charge is 0.250 e. The average Bonchev–Trinajstić information content (AvgIpc) is 2.84. The van der Waals surface area contributed by atoms with Crippen molar-refractivity contribution in [2.75, 3.05) is 5.73 Å². The van der Waals surface area contributed by atoms with Crippen molar-refractivity contribution in [1.82, 2.24) is 9.72 Å². The molecule has 2 aromatic heterocycles. The number of hydrogen-bond donors (Lipinski definition) is 1. The van der Waals surface area contributed by atoms with Gasteiger partial charge in [-0.3, -0.25) is 4.79 Å². The lowest BCUT2D eigenvalue weighted by Gasteiger charge is -2.05. The molecule has 3 rings (SSSR count). The van der Waals surface area contributed by atoms with Crippen molar-refractivity contribution >= 4 is 17.4 Å². The predicted molar refractivity (Wildman–Crippen MR) is 82.0 cm³/mol. The maximum atomic E-state index is 11.8. The molecule has 0 radical (unpaired) electrons. The number of halogens is 1. The topological polar surface area (TPSA) is 74.1 Å². The molecule has 0 aliphatic heterocycles. The van der Waals surface area contributed by atoms with Gasteiger partial charge in [0.1, 0.15) is 0 Å². The fourth-order valence-corrected chi connectivity index (χ4v) is 2.34. The van der Waals surface area contributed by atoms with Crippen LogP contribution >= 0.6 is 11.6 Å². The maximum absolute atomic E-state index is 11.8. The number of aromatic nitrogens is 2. The molecule has 0 atom stereocenters. The third-order valence-electron chi connectivity index (χ3n) is 3.23. The van der Waals surface area contributed by atoms with Crippen molar-refractivity contribution in [3.05, 3.63) is 58.0 Å². The van der Waals surface area contributed by atoms with E-state index in [1.807, 2.05) is 18.2 Å². The first-order valence-electron chi connectivity index (χ1n) is 6.25. The molecule has 2 heterocycles. The number of pyridine rings is 1. The Morgan fingerprint density at radius 2 is 2.05 bits per heavy atom. The van der Waals surface area contributed by atoms with Crippen molar-refractivity contribution in [2.45, 2.75) is 0 Å². The number of aryl methyl sites for hydroxylation is 1. The summed E-state index contributed by atoms with van der Waals surface area (Å²) in [4.78, 5) is 11.8. The molecule has 3 aromatic rings. The van der Waals surface area contributed by atoms with Gasteiger partial charge in [0.05, 0.1) is 5.56 Å². The third kappa shape index (κ3) is 2.32. The van der Waals surface area contributed by atoms with Crippen LogP contribution in [0.1, 0.15) is 0 Å². The van der Waals surface area contributed by atoms with Crippen LogP contribution in [0.5, 0.6) is 0 Å². The third-order valence-corrected chi connectivity index (χ3v) is 3.56. The van der Waals surface area contributed by atoms with Crippen LogP contribution in [0.3, 0.4) is 0 Å². The molecule has 2 N–H and O–H groups in total. The molecule has 6 heteroatoms. The molecule has 0 aliphatic carbocycles. The first-order valence-corrected chi connectivity index (χ1v) is 6.63. The minimum absolute atomic E-state index is 0.146. The quantitative estimate of drug-likeness (QED) is 0.789. The van der Waals surface area contributed by atoms with Gasteiger partial charge in [0.25, 0.3) is 5.56 Å². The van der Waals surface area contributed by atoms with Crippen LogP contribution in [-0.4, -0.2) is 9.72 Å². The summed E-state index contributed by atoms with van der Waals surface area (Å²) in [6.07, 6.45) is 1.66. The molecule has 0 unspecified atom stereocenters. The van der Waals surface area contributed by atoms with E-state index in [4.69, 9.17) is 21.9 Å². The first kappa shape index (κ1) is 13.5. The normalized spacial score (nSPS) is 10.8. The molecule has 0 bridgehead atoms. The monoisotopic (exact) mass is 301 g/mol. The molecule has 0 fully saturated rings. The summed E-state index contributed by atoms with van der Waals surface area (Å²) in [7, 11) is 1.68. The number of benzene rings is 1. The zero-order chi connectivity index (χ0) is 15.0. The Kier molecular flexibility index (Phi) is 3.27. The van der Waals surface area contributed by atoms with E-state index in [0.717, 1.165) is 0 Å². The van der Waals surface area contributed by atoms with E-state index >= 15 is 0 Å². The van der Waals surface area contributed by atoms with E-state index in [0.29, 0.717) is 27.5 Å². The largest absolute Gasteiger partial charge is 0.380 e.